The van der Waals surface area contributed by atoms with Crippen molar-refractivity contribution in [3.05, 3.63) is 35.9 Å². The zero-order valence-corrected chi connectivity index (χ0v) is 8.94. The molecule has 1 aromatic rings. The third-order valence-corrected chi connectivity index (χ3v) is 2.68. The number of nitrogens with one attached hydrogen (secondary N) is 1. The fourth-order valence-electron chi connectivity index (χ4n) is 1.88. The van der Waals surface area contributed by atoms with Gasteiger partial charge in [0.2, 0.25) is 0 Å². The van der Waals surface area contributed by atoms with Crippen molar-refractivity contribution in [3.8, 4) is 0 Å². The molecule has 1 aliphatic rings. The van der Waals surface area contributed by atoms with Crippen molar-refractivity contribution < 1.29 is 4.79 Å². The molecule has 2 rings (SSSR count). The van der Waals surface area contributed by atoms with Gasteiger partial charge >= 0.3 is 0 Å². The van der Waals surface area contributed by atoms with Crippen LogP contribution in [0.3, 0.4) is 0 Å². The van der Waals surface area contributed by atoms with E-state index in [0.717, 1.165) is 25.2 Å². The normalized spacial score (nSPS) is 21.4. The molecule has 1 saturated heterocycles. The number of hydrogen-bond donors (Lipinski definition) is 1. The van der Waals surface area contributed by atoms with Gasteiger partial charge in [0, 0.05) is 31.2 Å². The predicted molar refractivity (Wildman–Crippen MR) is 59.8 cm³/mol. The second-order valence-electron chi connectivity index (χ2n) is 3.97. The highest BCUT2D eigenvalue weighted by atomic mass is 16.2. The van der Waals surface area contributed by atoms with E-state index < -0.39 is 0 Å². The molecule has 1 heterocycles. The van der Waals surface area contributed by atoms with Gasteiger partial charge in [-0.1, -0.05) is 18.2 Å². The van der Waals surface area contributed by atoms with Gasteiger partial charge in [0.1, 0.15) is 0 Å². The Morgan fingerprint density at radius 2 is 2.13 bits per heavy atom. The van der Waals surface area contributed by atoms with Gasteiger partial charge in [0.05, 0.1) is 0 Å². The SMILES string of the molecule is C[C@H]1CN(C(=O)c2ccccc2)CCN1. The molecule has 80 valence electrons. The molecule has 3 nitrogen and oxygen atoms in total. The van der Waals surface area contributed by atoms with Crippen molar-refractivity contribution in [3.63, 3.8) is 0 Å². The zero-order valence-electron chi connectivity index (χ0n) is 8.94. The molecule has 0 aromatic heterocycles. The molecule has 15 heavy (non-hydrogen) atoms. The number of carbonyl (C=O) groups is 1. The Morgan fingerprint density at radius 1 is 1.40 bits per heavy atom. The highest BCUT2D eigenvalue weighted by Crippen LogP contribution is 2.07. The second-order valence-corrected chi connectivity index (χ2v) is 3.97. The van der Waals surface area contributed by atoms with Gasteiger partial charge in [0.15, 0.2) is 0 Å². The van der Waals surface area contributed by atoms with E-state index in [9.17, 15) is 4.79 Å². The van der Waals surface area contributed by atoms with Crippen LogP contribution in [0, 0.1) is 0 Å². The molecular weight excluding hydrogens is 188 g/mol. The van der Waals surface area contributed by atoms with E-state index in [2.05, 4.69) is 12.2 Å². The first-order valence-electron chi connectivity index (χ1n) is 5.35. The third kappa shape index (κ3) is 2.36. The molecule has 1 atom stereocenters. The van der Waals surface area contributed by atoms with Crippen LogP contribution in [0.15, 0.2) is 30.3 Å². The first-order chi connectivity index (χ1) is 7.27. The molecule has 1 amide bonds. The summed E-state index contributed by atoms with van der Waals surface area (Å²) in [6, 6.07) is 9.87. The number of benzene rings is 1. The summed E-state index contributed by atoms with van der Waals surface area (Å²) in [7, 11) is 0. The lowest BCUT2D eigenvalue weighted by molar-refractivity contribution is 0.0709. The minimum absolute atomic E-state index is 0.143. The lowest BCUT2D eigenvalue weighted by atomic mass is 10.1. The molecule has 0 unspecified atom stereocenters. The van der Waals surface area contributed by atoms with E-state index in [0.29, 0.717) is 6.04 Å². The number of rotatable bonds is 1. The predicted octanol–water partition coefficient (Wildman–Crippen LogP) is 1.12. The quantitative estimate of drug-likeness (QED) is 0.743. The Hall–Kier alpha value is -1.35. The van der Waals surface area contributed by atoms with Crippen LogP contribution >= 0.6 is 0 Å². The number of carbonyl (C=O) groups excluding carboxylic acids is 1. The van der Waals surface area contributed by atoms with Gasteiger partial charge < -0.3 is 10.2 Å². The molecule has 1 N–H and O–H groups in total. The van der Waals surface area contributed by atoms with Gasteiger partial charge in [-0.25, -0.2) is 0 Å². The van der Waals surface area contributed by atoms with Gasteiger partial charge in [-0.2, -0.15) is 0 Å². The van der Waals surface area contributed by atoms with Crippen LogP contribution in [0.5, 0.6) is 0 Å². The second kappa shape index (κ2) is 4.45. The first kappa shape index (κ1) is 10.2. The Balaban J connectivity index is 2.08. The minimum Gasteiger partial charge on any atom is -0.336 e. The highest BCUT2D eigenvalue weighted by molar-refractivity contribution is 5.94. The highest BCUT2D eigenvalue weighted by Gasteiger charge is 2.20. The standard InChI is InChI=1S/C12H16N2O/c1-10-9-14(8-7-13-10)12(15)11-5-3-2-4-6-11/h2-6,10,13H,7-9H2,1H3/t10-/m0/s1. The van der Waals surface area contributed by atoms with E-state index >= 15 is 0 Å². The lowest BCUT2D eigenvalue weighted by Gasteiger charge is -2.31. The van der Waals surface area contributed by atoms with Crippen LogP contribution in [0.1, 0.15) is 17.3 Å². The van der Waals surface area contributed by atoms with Gasteiger partial charge in [-0.3, -0.25) is 4.79 Å². The summed E-state index contributed by atoms with van der Waals surface area (Å²) in [6.07, 6.45) is 0. The zero-order chi connectivity index (χ0) is 10.7. The number of hydrogen-bond acceptors (Lipinski definition) is 2. The Labute approximate surface area is 90.1 Å². The molecule has 3 heteroatoms. The molecule has 0 aliphatic carbocycles. The van der Waals surface area contributed by atoms with E-state index in [1.165, 1.54) is 0 Å². The maximum Gasteiger partial charge on any atom is 0.253 e. The van der Waals surface area contributed by atoms with Crippen molar-refractivity contribution in [2.45, 2.75) is 13.0 Å². The van der Waals surface area contributed by atoms with Crippen LogP contribution < -0.4 is 5.32 Å². The molecule has 1 aromatic carbocycles. The largest absolute Gasteiger partial charge is 0.336 e. The lowest BCUT2D eigenvalue weighted by Crippen LogP contribution is -2.51. The molecule has 0 saturated carbocycles. The fourth-order valence-corrected chi connectivity index (χ4v) is 1.88. The summed E-state index contributed by atoms with van der Waals surface area (Å²) in [6.45, 7) is 4.59. The molecule has 1 aliphatic heterocycles. The average molecular weight is 204 g/mol. The number of piperazine rings is 1. The molecular formula is C12H16N2O. The van der Waals surface area contributed by atoms with E-state index in [1.54, 1.807) is 0 Å². The summed E-state index contributed by atoms with van der Waals surface area (Å²) in [4.78, 5) is 14.0. The van der Waals surface area contributed by atoms with Crippen LogP contribution in [0.25, 0.3) is 0 Å². The average Bonchev–Trinajstić information content (AvgIpc) is 2.29. The third-order valence-electron chi connectivity index (χ3n) is 2.68. The Bertz CT molecular complexity index is 337. The topological polar surface area (TPSA) is 32.3 Å². The van der Waals surface area contributed by atoms with Crippen LogP contribution in [-0.2, 0) is 0 Å². The number of nitrogens with zero attached hydrogens (tertiary/aromatic N) is 1. The Morgan fingerprint density at radius 3 is 2.80 bits per heavy atom. The smallest absolute Gasteiger partial charge is 0.253 e. The fraction of sp³-hybridized carbons (Fsp3) is 0.417. The van der Waals surface area contributed by atoms with Gasteiger partial charge in [-0.15, -0.1) is 0 Å². The maximum atomic E-state index is 12.0. The van der Waals surface area contributed by atoms with Crippen molar-refractivity contribution in [1.29, 1.82) is 0 Å². The van der Waals surface area contributed by atoms with Crippen molar-refractivity contribution in [2.75, 3.05) is 19.6 Å². The summed E-state index contributed by atoms with van der Waals surface area (Å²) < 4.78 is 0. The maximum absolute atomic E-state index is 12.0. The summed E-state index contributed by atoms with van der Waals surface area (Å²) in [5, 5.41) is 3.32. The van der Waals surface area contributed by atoms with E-state index in [4.69, 9.17) is 0 Å². The first-order valence-corrected chi connectivity index (χ1v) is 5.35. The molecule has 0 spiro atoms. The van der Waals surface area contributed by atoms with E-state index in [-0.39, 0.29) is 5.91 Å². The molecule has 0 bridgehead atoms. The summed E-state index contributed by atoms with van der Waals surface area (Å²) >= 11 is 0. The number of amides is 1. The van der Waals surface area contributed by atoms with Crippen LogP contribution in [0.4, 0.5) is 0 Å². The molecule has 1 fully saturated rings. The van der Waals surface area contributed by atoms with Gasteiger partial charge in [-0.05, 0) is 19.1 Å². The van der Waals surface area contributed by atoms with E-state index in [1.807, 2.05) is 35.2 Å². The van der Waals surface area contributed by atoms with Crippen molar-refractivity contribution in [1.82, 2.24) is 10.2 Å². The van der Waals surface area contributed by atoms with Crippen molar-refractivity contribution >= 4 is 5.91 Å². The van der Waals surface area contributed by atoms with Crippen LogP contribution in [-0.4, -0.2) is 36.5 Å². The summed E-state index contributed by atoms with van der Waals surface area (Å²) in [5.41, 5.74) is 0.784. The minimum atomic E-state index is 0.143. The summed E-state index contributed by atoms with van der Waals surface area (Å²) in [5.74, 6) is 0.143. The van der Waals surface area contributed by atoms with Crippen LogP contribution in [0.2, 0.25) is 0 Å². The van der Waals surface area contributed by atoms with Gasteiger partial charge in [0.25, 0.3) is 5.91 Å². The Kier molecular flexibility index (Phi) is 3.02. The monoisotopic (exact) mass is 204 g/mol. The van der Waals surface area contributed by atoms with Crippen molar-refractivity contribution in [2.24, 2.45) is 0 Å². The molecule has 0 radical (unpaired) electrons.